The molecule has 0 aliphatic carbocycles. The second-order valence-electron chi connectivity index (χ2n) is 4.46. The first-order valence-electron chi connectivity index (χ1n) is 5.76. The van der Waals surface area contributed by atoms with Crippen molar-refractivity contribution >= 4 is 23.2 Å². The molecule has 0 aromatic heterocycles. The maximum absolute atomic E-state index is 14.0. The smallest absolute Gasteiger partial charge is 0.146 e. The van der Waals surface area contributed by atoms with Crippen molar-refractivity contribution in [3.8, 4) is 0 Å². The molecular formula is C15H12Cl2F2. The lowest BCUT2D eigenvalue weighted by atomic mass is 9.95. The van der Waals surface area contributed by atoms with Crippen LogP contribution in [0.15, 0.2) is 30.3 Å². The van der Waals surface area contributed by atoms with Crippen LogP contribution in [0, 0.1) is 25.5 Å². The first kappa shape index (κ1) is 14.3. The normalized spacial score (nSPS) is 12.5. The highest BCUT2D eigenvalue weighted by atomic mass is 35.5. The molecule has 1 unspecified atom stereocenters. The minimum absolute atomic E-state index is 0.0283. The molecule has 19 heavy (non-hydrogen) atoms. The lowest BCUT2D eigenvalue weighted by Gasteiger charge is -2.17. The highest BCUT2D eigenvalue weighted by Crippen LogP contribution is 2.36. The summed E-state index contributed by atoms with van der Waals surface area (Å²) in [6.45, 7) is 3.51. The van der Waals surface area contributed by atoms with Crippen molar-refractivity contribution in [3.05, 3.63) is 69.2 Å². The van der Waals surface area contributed by atoms with E-state index in [1.807, 2.05) is 0 Å². The summed E-state index contributed by atoms with van der Waals surface area (Å²) in [4.78, 5) is 0. The van der Waals surface area contributed by atoms with Crippen LogP contribution in [-0.2, 0) is 0 Å². The minimum Gasteiger partial charge on any atom is -0.207 e. The van der Waals surface area contributed by atoms with Gasteiger partial charge < -0.3 is 0 Å². The first-order valence-corrected chi connectivity index (χ1v) is 6.58. The van der Waals surface area contributed by atoms with Crippen molar-refractivity contribution in [2.24, 2.45) is 0 Å². The summed E-state index contributed by atoms with van der Waals surface area (Å²) in [5.41, 5.74) is 2.39. The number of rotatable bonds is 2. The van der Waals surface area contributed by atoms with Gasteiger partial charge in [0.2, 0.25) is 0 Å². The fraction of sp³-hybridized carbons (Fsp3) is 0.200. The topological polar surface area (TPSA) is 0 Å². The summed E-state index contributed by atoms with van der Waals surface area (Å²) in [5, 5.41) is -0.667. The Bertz CT molecular complexity index is 601. The molecule has 0 amide bonds. The molecule has 0 fully saturated rings. The molecule has 2 aromatic rings. The van der Waals surface area contributed by atoms with Crippen LogP contribution in [-0.4, -0.2) is 0 Å². The quantitative estimate of drug-likeness (QED) is 0.637. The van der Waals surface area contributed by atoms with Gasteiger partial charge in [-0.2, -0.15) is 0 Å². The number of alkyl halides is 1. The van der Waals surface area contributed by atoms with Crippen LogP contribution >= 0.6 is 23.2 Å². The van der Waals surface area contributed by atoms with E-state index < -0.39 is 11.2 Å². The third kappa shape index (κ3) is 2.75. The number of benzene rings is 2. The highest BCUT2D eigenvalue weighted by Gasteiger charge is 2.20. The number of hydrogen-bond acceptors (Lipinski definition) is 0. The Morgan fingerprint density at radius 2 is 1.63 bits per heavy atom. The van der Waals surface area contributed by atoms with Gasteiger partial charge >= 0.3 is 0 Å². The Labute approximate surface area is 121 Å². The molecule has 0 radical (unpaired) electrons. The third-order valence-corrected chi connectivity index (χ3v) is 3.81. The van der Waals surface area contributed by atoms with E-state index in [4.69, 9.17) is 23.2 Å². The predicted octanol–water partition coefficient (Wildman–Crippen LogP) is 5.56. The Kier molecular flexibility index (Phi) is 4.12. The molecule has 0 bridgehead atoms. The molecule has 1 atom stereocenters. The Hall–Kier alpha value is -1.12. The van der Waals surface area contributed by atoms with Gasteiger partial charge in [0.25, 0.3) is 0 Å². The van der Waals surface area contributed by atoms with Crippen LogP contribution < -0.4 is 0 Å². The van der Waals surface area contributed by atoms with Crippen molar-refractivity contribution < 1.29 is 8.78 Å². The van der Waals surface area contributed by atoms with Gasteiger partial charge in [0.05, 0.1) is 10.4 Å². The SMILES string of the molecule is Cc1cc(F)cc(C)c1C(Cl)c1cccc(Cl)c1F. The fourth-order valence-corrected chi connectivity index (χ4v) is 2.89. The van der Waals surface area contributed by atoms with E-state index >= 15 is 0 Å². The van der Waals surface area contributed by atoms with E-state index in [0.717, 1.165) is 0 Å². The van der Waals surface area contributed by atoms with Gasteiger partial charge in [0, 0.05) is 5.56 Å². The fourth-order valence-electron chi connectivity index (χ4n) is 2.19. The lowest BCUT2D eigenvalue weighted by Crippen LogP contribution is -2.03. The summed E-state index contributed by atoms with van der Waals surface area (Å²) in [6, 6.07) is 7.47. The van der Waals surface area contributed by atoms with Crippen LogP contribution in [0.5, 0.6) is 0 Å². The standard InChI is InChI=1S/C15H12Cl2F2/c1-8-6-10(18)7-9(2)13(8)14(17)11-4-3-5-12(16)15(11)19/h3-7,14H,1-2H3. The van der Waals surface area contributed by atoms with Gasteiger partial charge in [-0.05, 0) is 48.7 Å². The zero-order valence-electron chi connectivity index (χ0n) is 10.5. The molecule has 2 rings (SSSR count). The molecule has 0 heterocycles. The molecule has 0 nitrogen and oxygen atoms in total. The van der Waals surface area contributed by atoms with Gasteiger partial charge in [-0.25, -0.2) is 8.78 Å². The zero-order chi connectivity index (χ0) is 14.2. The van der Waals surface area contributed by atoms with Gasteiger partial charge in [-0.1, -0.05) is 23.7 Å². The van der Waals surface area contributed by atoms with Crippen molar-refractivity contribution in [2.45, 2.75) is 19.2 Å². The molecule has 4 heteroatoms. The summed E-state index contributed by atoms with van der Waals surface area (Å²) >= 11 is 12.1. The number of aryl methyl sites for hydroxylation is 2. The maximum Gasteiger partial charge on any atom is 0.146 e. The molecular weight excluding hydrogens is 289 g/mol. The van der Waals surface area contributed by atoms with E-state index in [1.54, 1.807) is 26.0 Å². The molecule has 0 aliphatic heterocycles. The molecule has 0 N–H and O–H groups in total. The Morgan fingerprint density at radius 1 is 1.05 bits per heavy atom. The molecule has 0 aliphatic rings. The van der Waals surface area contributed by atoms with Crippen LogP contribution in [0.3, 0.4) is 0 Å². The van der Waals surface area contributed by atoms with Crippen LogP contribution in [0.4, 0.5) is 8.78 Å². The van der Waals surface area contributed by atoms with Gasteiger partial charge in [-0.3, -0.25) is 0 Å². The van der Waals surface area contributed by atoms with Crippen LogP contribution in [0.2, 0.25) is 5.02 Å². The van der Waals surface area contributed by atoms with Crippen molar-refractivity contribution in [3.63, 3.8) is 0 Å². The second-order valence-corrected chi connectivity index (χ2v) is 5.30. The number of halogens is 4. The van der Waals surface area contributed by atoms with E-state index in [-0.39, 0.29) is 10.8 Å². The van der Waals surface area contributed by atoms with Crippen molar-refractivity contribution in [1.82, 2.24) is 0 Å². The van der Waals surface area contributed by atoms with Gasteiger partial charge in [0.15, 0.2) is 0 Å². The molecule has 0 saturated carbocycles. The average molecular weight is 301 g/mol. The Balaban J connectivity index is 2.56. The highest BCUT2D eigenvalue weighted by molar-refractivity contribution is 6.31. The zero-order valence-corrected chi connectivity index (χ0v) is 12.0. The summed E-state index contributed by atoms with van der Waals surface area (Å²) < 4.78 is 27.3. The summed E-state index contributed by atoms with van der Waals surface area (Å²) in [6.07, 6.45) is 0. The van der Waals surface area contributed by atoms with E-state index in [2.05, 4.69) is 0 Å². The maximum atomic E-state index is 14.0. The van der Waals surface area contributed by atoms with Crippen molar-refractivity contribution in [1.29, 1.82) is 0 Å². The minimum atomic E-state index is -0.695. The van der Waals surface area contributed by atoms with E-state index in [9.17, 15) is 8.78 Å². The third-order valence-electron chi connectivity index (χ3n) is 3.07. The average Bonchev–Trinajstić information content (AvgIpc) is 2.31. The van der Waals surface area contributed by atoms with Crippen LogP contribution in [0.1, 0.15) is 27.6 Å². The molecule has 100 valence electrons. The van der Waals surface area contributed by atoms with Crippen molar-refractivity contribution in [2.75, 3.05) is 0 Å². The van der Waals surface area contributed by atoms with Crippen LogP contribution in [0.25, 0.3) is 0 Å². The lowest BCUT2D eigenvalue weighted by molar-refractivity contribution is 0.611. The predicted molar refractivity (Wildman–Crippen MR) is 75.0 cm³/mol. The Morgan fingerprint density at radius 3 is 2.21 bits per heavy atom. The van der Waals surface area contributed by atoms with Gasteiger partial charge in [-0.15, -0.1) is 11.6 Å². The summed E-state index contributed by atoms with van der Waals surface area (Å²) in [7, 11) is 0. The molecule has 2 aromatic carbocycles. The second kappa shape index (κ2) is 5.48. The van der Waals surface area contributed by atoms with E-state index in [1.165, 1.54) is 18.2 Å². The molecule has 0 saturated heterocycles. The van der Waals surface area contributed by atoms with E-state index in [0.29, 0.717) is 22.3 Å². The first-order chi connectivity index (χ1) is 8.91. The van der Waals surface area contributed by atoms with Gasteiger partial charge in [0.1, 0.15) is 11.6 Å². The number of hydrogen-bond donors (Lipinski definition) is 0. The monoisotopic (exact) mass is 300 g/mol. The largest absolute Gasteiger partial charge is 0.207 e. The summed E-state index contributed by atoms with van der Waals surface area (Å²) in [5.74, 6) is -0.860. The molecule has 0 spiro atoms.